The van der Waals surface area contributed by atoms with E-state index in [2.05, 4.69) is 0 Å². The van der Waals surface area contributed by atoms with E-state index < -0.39 is 0 Å². The zero-order valence-electron chi connectivity index (χ0n) is 12.1. The molecule has 0 heterocycles. The minimum absolute atomic E-state index is 0.191. The Balaban J connectivity index is 1.97. The fourth-order valence-corrected chi connectivity index (χ4v) is 2.75. The van der Waals surface area contributed by atoms with Gasteiger partial charge in [0.25, 0.3) is 0 Å². The molecule has 0 fully saturated rings. The lowest BCUT2D eigenvalue weighted by molar-refractivity contribution is 0.111. The van der Waals surface area contributed by atoms with Crippen LogP contribution >= 0.6 is 34.8 Å². The van der Waals surface area contributed by atoms with Crippen molar-refractivity contribution in [3.05, 3.63) is 51.0 Å². The van der Waals surface area contributed by atoms with Crippen LogP contribution in [0, 0.1) is 0 Å². The molecule has 4 nitrogen and oxygen atoms in total. The minimum Gasteiger partial charge on any atom is -0.497 e. The molecule has 0 spiro atoms. The maximum Gasteiger partial charge on any atom is 0.156 e. The third kappa shape index (κ3) is 4.67. The molecule has 0 radical (unpaired) electrons. The molecule has 23 heavy (non-hydrogen) atoms. The predicted molar refractivity (Wildman–Crippen MR) is 90.8 cm³/mol. The monoisotopic (exact) mass is 374 g/mol. The van der Waals surface area contributed by atoms with Crippen LogP contribution in [-0.4, -0.2) is 26.6 Å². The summed E-state index contributed by atoms with van der Waals surface area (Å²) in [6, 6.07) is 8.01. The van der Waals surface area contributed by atoms with Crippen LogP contribution in [0.3, 0.4) is 0 Å². The second-order valence-corrected chi connectivity index (χ2v) is 5.67. The number of hydrogen-bond acceptors (Lipinski definition) is 4. The van der Waals surface area contributed by atoms with E-state index in [1.165, 1.54) is 19.2 Å². The van der Waals surface area contributed by atoms with Gasteiger partial charge in [-0.2, -0.15) is 0 Å². The second-order valence-electron chi connectivity index (χ2n) is 4.42. The number of benzene rings is 2. The Labute approximate surface area is 148 Å². The van der Waals surface area contributed by atoms with Crippen molar-refractivity contribution in [2.45, 2.75) is 0 Å². The molecule has 0 aliphatic heterocycles. The van der Waals surface area contributed by atoms with Crippen LogP contribution in [0.5, 0.6) is 17.2 Å². The van der Waals surface area contributed by atoms with Crippen molar-refractivity contribution in [1.82, 2.24) is 0 Å². The van der Waals surface area contributed by atoms with Crippen molar-refractivity contribution < 1.29 is 19.0 Å². The molecular weight excluding hydrogens is 363 g/mol. The quantitative estimate of drug-likeness (QED) is 0.508. The third-order valence-electron chi connectivity index (χ3n) is 2.90. The van der Waals surface area contributed by atoms with Gasteiger partial charge in [-0.3, -0.25) is 4.79 Å². The summed E-state index contributed by atoms with van der Waals surface area (Å²) in [5.41, 5.74) is 0.424. The fraction of sp³-hybridized carbons (Fsp3) is 0.188. The van der Waals surface area contributed by atoms with Crippen LogP contribution in [0.15, 0.2) is 30.3 Å². The first-order valence-electron chi connectivity index (χ1n) is 6.58. The molecule has 0 unspecified atom stereocenters. The summed E-state index contributed by atoms with van der Waals surface area (Å²) in [5.74, 6) is 1.34. The van der Waals surface area contributed by atoms with Crippen molar-refractivity contribution in [2.24, 2.45) is 0 Å². The number of hydrogen-bond donors (Lipinski definition) is 0. The molecule has 0 amide bonds. The van der Waals surface area contributed by atoms with Gasteiger partial charge in [-0.05, 0) is 24.3 Å². The SMILES string of the molecule is COc1ccc(C=O)c(OCCOc2c(Cl)cc(Cl)cc2Cl)c1. The number of aldehydes is 1. The van der Waals surface area contributed by atoms with Gasteiger partial charge in [-0.15, -0.1) is 0 Å². The summed E-state index contributed by atoms with van der Waals surface area (Å²) in [4.78, 5) is 11.0. The average molecular weight is 376 g/mol. The molecule has 0 aliphatic rings. The minimum atomic E-state index is 0.191. The Bertz CT molecular complexity index is 681. The van der Waals surface area contributed by atoms with E-state index >= 15 is 0 Å². The van der Waals surface area contributed by atoms with Crippen molar-refractivity contribution >= 4 is 41.1 Å². The zero-order valence-corrected chi connectivity index (χ0v) is 14.4. The van der Waals surface area contributed by atoms with Gasteiger partial charge in [0.2, 0.25) is 0 Å². The summed E-state index contributed by atoms with van der Waals surface area (Å²) in [6.07, 6.45) is 0.711. The molecular formula is C16H13Cl3O4. The van der Waals surface area contributed by atoms with Gasteiger partial charge >= 0.3 is 0 Å². The normalized spacial score (nSPS) is 10.3. The van der Waals surface area contributed by atoms with E-state index in [9.17, 15) is 4.79 Å². The molecule has 2 aromatic rings. The Morgan fingerprint density at radius 1 is 1.00 bits per heavy atom. The lowest BCUT2D eigenvalue weighted by Gasteiger charge is -2.12. The largest absolute Gasteiger partial charge is 0.497 e. The number of carbonyl (C=O) groups excluding carboxylic acids is 1. The molecule has 0 aromatic heterocycles. The molecule has 0 atom stereocenters. The second kappa shape index (κ2) is 8.29. The summed E-state index contributed by atoms with van der Waals surface area (Å²) in [7, 11) is 1.54. The molecule has 0 N–H and O–H groups in total. The molecule has 122 valence electrons. The Morgan fingerprint density at radius 2 is 1.65 bits per heavy atom. The summed E-state index contributed by atoms with van der Waals surface area (Å²) in [5, 5.41) is 1.06. The van der Waals surface area contributed by atoms with Crippen molar-refractivity contribution in [2.75, 3.05) is 20.3 Å². The molecule has 0 saturated heterocycles. The van der Waals surface area contributed by atoms with Crippen molar-refractivity contribution in [3.63, 3.8) is 0 Å². The highest BCUT2D eigenvalue weighted by atomic mass is 35.5. The van der Waals surface area contributed by atoms with Gasteiger partial charge in [-0.25, -0.2) is 0 Å². The number of carbonyl (C=O) groups is 1. The van der Waals surface area contributed by atoms with Gasteiger partial charge in [0.05, 0.1) is 22.7 Å². The van der Waals surface area contributed by atoms with Crippen LogP contribution in [0.1, 0.15) is 10.4 Å². The summed E-state index contributed by atoms with van der Waals surface area (Å²) in [6.45, 7) is 0.389. The number of rotatable bonds is 7. The van der Waals surface area contributed by atoms with E-state index in [1.54, 1.807) is 18.2 Å². The number of methoxy groups -OCH3 is 1. The lowest BCUT2D eigenvalue weighted by Crippen LogP contribution is -2.10. The van der Waals surface area contributed by atoms with E-state index in [1.807, 2.05) is 0 Å². The highest BCUT2D eigenvalue weighted by Crippen LogP contribution is 2.35. The van der Waals surface area contributed by atoms with E-state index in [0.717, 1.165) is 0 Å². The molecule has 7 heteroatoms. The van der Waals surface area contributed by atoms with Crippen LogP contribution in [0.25, 0.3) is 0 Å². The smallest absolute Gasteiger partial charge is 0.156 e. The van der Waals surface area contributed by atoms with Gasteiger partial charge in [0.15, 0.2) is 12.0 Å². The van der Waals surface area contributed by atoms with Gasteiger partial charge < -0.3 is 14.2 Å². The van der Waals surface area contributed by atoms with Crippen LogP contribution in [-0.2, 0) is 0 Å². The van der Waals surface area contributed by atoms with E-state index in [4.69, 9.17) is 49.0 Å². The standard InChI is InChI=1S/C16H13Cl3O4/c1-21-12-3-2-10(9-20)15(8-12)22-4-5-23-16-13(18)6-11(17)7-14(16)19/h2-3,6-9H,4-5H2,1H3. The van der Waals surface area contributed by atoms with Crippen LogP contribution in [0.4, 0.5) is 0 Å². The first kappa shape index (κ1) is 17.7. The van der Waals surface area contributed by atoms with Crippen molar-refractivity contribution in [1.29, 1.82) is 0 Å². The maximum atomic E-state index is 11.0. The number of halogens is 3. The van der Waals surface area contributed by atoms with Crippen molar-refractivity contribution in [3.8, 4) is 17.2 Å². The van der Waals surface area contributed by atoms with Gasteiger partial charge in [0, 0.05) is 11.1 Å². The Kier molecular flexibility index (Phi) is 6.39. The summed E-state index contributed by atoms with van der Waals surface area (Å²) >= 11 is 17.9. The first-order valence-corrected chi connectivity index (χ1v) is 7.72. The fourth-order valence-electron chi connectivity index (χ4n) is 1.83. The topological polar surface area (TPSA) is 44.8 Å². The molecule has 0 saturated carbocycles. The zero-order chi connectivity index (χ0) is 16.8. The van der Waals surface area contributed by atoms with E-state index in [0.29, 0.717) is 44.2 Å². The number of ether oxygens (including phenoxy) is 3. The molecule has 2 rings (SSSR count). The Morgan fingerprint density at radius 3 is 2.26 bits per heavy atom. The highest BCUT2D eigenvalue weighted by Gasteiger charge is 2.10. The van der Waals surface area contributed by atoms with Crippen LogP contribution in [0.2, 0.25) is 15.1 Å². The maximum absolute atomic E-state index is 11.0. The summed E-state index contributed by atoms with van der Waals surface area (Å²) < 4.78 is 16.2. The molecule has 2 aromatic carbocycles. The van der Waals surface area contributed by atoms with Gasteiger partial charge in [0.1, 0.15) is 24.7 Å². The molecule has 0 bridgehead atoms. The average Bonchev–Trinajstić information content (AvgIpc) is 2.53. The van der Waals surface area contributed by atoms with Crippen LogP contribution < -0.4 is 14.2 Å². The third-order valence-corrected chi connectivity index (χ3v) is 3.68. The van der Waals surface area contributed by atoms with Gasteiger partial charge in [-0.1, -0.05) is 34.8 Å². The predicted octanol–water partition coefficient (Wildman–Crippen LogP) is 4.93. The lowest BCUT2D eigenvalue weighted by atomic mass is 10.2. The molecule has 0 aliphatic carbocycles. The highest BCUT2D eigenvalue weighted by molar-refractivity contribution is 6.40. The van der Waals surface area contributed by atoms with E-state index in [-0.39, 0.29) is 13.2 Å². The first-order chi connectivity index (χ1) is 11.0. The Hall–Kier alpha value is -1.62.